The number of rotatable bonds is 7. The quantitative estimate of drug-likeness (QED) is 0.813. The van der Waals surface area contributed by atoms with E-state index in [0.717, 1.165) is 37.7 Å². The van der Waals surface area contributed by atoms with Crippen molar-refractivity contribution in [3.05, 3.63) is 47.5 Å². The number of aromatic amines is 1. The van der Waals surface area contributed by atoms with Crippen LogP contribution in [0.2, 0.25) is 0 Å². The molecule has 0 atom stereocenters. The van der Waals surface area contributed by atoms with Crippen molar-refractivity contribution in [1.82, 2.24) is 14.9 Å². The second-order valence-electron chi connectivity index (χ2n) is 4.97. The Balaban J connectivity index is 2.03. The van der Waals surface area contributed by atoms with Crippen LogP contribution in [0.3, 0.4) is 0 Å². The van der Waals surface area contributed by atoms with Crippen molar-refractivity contribution in [3.8, 4) is 0 Å². The van der Waals surface area contributed by atoms with Gasteiger partial charge in [0.05, 0.1) is 18.4 Å². The Labute approximate surface area is 121 Å². The Morgan fingerprint density at radius 3 is 2.60 bits per heavy atom. The Bertz CT molecular complexity index is 529. The average molecular weight is 272 g/mol. The summed E-state index contributed by atoms with van der Waals surface area (Å²) in [6, 6.07) is 8.51. The minimum Gasteiger partial charge on any atom is -0.379 e. The fourth-order valence-electron chi connectivity index (χ4n) is 2.27. The van der Waals surface area contributed by atoms with E-state index in [1.54, 1.807) is 0 Å². The molecule has 1 aromatic carbocycles. The third-order valence-electron chi connectivity index (χ3n) is 3.53. The molecule has 2 rings (SSSR count). The van der Waals surface area contributed by atoms with E-state index in [2.05, 4.69) is 58.3 Å². The second-order valence-corrected chi connectivity index (χ2v) is 4.97. The maximum Gasteiger partial charge on any atom is 0.103 e. The van der Waals surface area contributed by atoms with Crippen LogP contribution in [0.5, 0.6) is 0 Å². The van der Waals surface area contributed by atoms with Crippen molar-refractivity contribution >= 4 is 5.69 Å². The van der Waals surface area contributed by atoms with Crippen LogP contribution >= 0.6 is 0 Å². The lowest BCUT2D eigenvalue weighted by atomic mass is 10.1. The van der Waals surface area contributed by atoms with Gasteiger partial charge >= 0.3 is 0 Å². The van der Waals surface area contributed by atoms with Gasteiger partial charge in [-0.15, -0.1) is 0 Å². The monoisotopic (exact) mass is 272 g/mol. The summed E-state index contributed by atoms with van der Waals surface area (Å²) < 4.78 is 0. The highest BCUT2D eigenvalue weighted by atomic mass is 15.1. The molecule has 0 radical (unpaired) electrons. The first-order chi connectivity index (χ1) is 9.72. The molecule has 2 N–H and O–H groups in total. The molecule has 0 aliphatic rings. The number of anilines is 1. The molecule has 0 unspecified atom stereocenters. The van der Waals surface area contributed by atoms with Crippen LogP contribution in [0.25, 0.3) is 0 Å². The molecular formula is C16H24N4. The van der Waals surface area contributed by atoms with Crippen LogP contribution in [0.4, 0.5) is 5.69 Å². The summed E-state index contributed by atoms with van der Waals surface area (Å²) >= 11 is 0. The van der Waals surface area contributed by atoms with E-state index in [-0.39, 0.29) is 0 Å². The third kappa shape index (κ3) is 3.84. The van der Waals surface area contributed by atoms with Gasteiger partial charge in [0.1, 0.15) is 5.82 Å². The summed E-state index contributed by atoms with van der Waals surface area (Å²) in [6.07, 6.45) is 1.88. The summed E-state index contributed by atoms with van der Waals surface area (Å²) in [6.45, 7) is 10.3. The number of nitrogens with zero attached hydrogens (tertiary/aromatic N) is 2. The molecule has 0 saturated carbocycles. The summed E-state index contributed by atoms with van der Waals surface area (Å²) in [5, 5.41) is 3.50. The number of H-pyrrole nitrogens is 1. The van der Waals surface area contributed by atoms with E-state index in [1.165, 1.54) is 11.3 Å². The van der Waals surface area contributed by atoms with E-state index in [9.17, 15) is 0 Å². The summed E-state index contributed by atoms with van der Waals surface area (Å²) in [4.78, 5) is 9.88. The first kappa shape index (κ1) is 14.6. The molecule has 0 fully saturated rings. The van der Waals surface area contributed by atoms with Crippen LogP contribution in [0.15, 0.2) is 30.5 Å². The largest absolute Gasteiger partial charge is 0.379 e. The lowest BCUT2D eigenvalue weighted by Gasteiger charge is -2.20. The van der Waals surface area contributed by atoms with Crippen LogP contribution in [-0.4, -0.2) is 28.0 Å². The van der Waals surface area contributed by atoms with E-state index in [4.69, 9.17) is 0 Å². The molecule has 0 spiro atoms. The predicted octanol–water partition coefficient (Wildman–Crippen LogP) is 3.17. The van der Waals surface area contributed by atoms with Gasteiger partial charge < -0.3 is 10.3 Å². The molecule has 4 heteroatoms. The molecule has 0 saturated heterocycles. The number of benzene rings is 1. The number of hydrogen-bond acceptors (Lipinski definition) is 3. The van der Waals surface area contributed by atoms with Crippen LogP contribution < -0.4 is 5.32 Å². The number of para-hydroxylation sites is 1. The van der Waals surface area contributed by atoms with Crippen molar-refractivity contribution in [2.24, 2.45) is 0 Å². The van der Waals surface area contributed by atoms with Crippen LogP contribution in [0.1, 0.15) is 30.9 Å². The van der Waals surface area contributed by atoms with Gasteiger partial charge in [0.15, 0.2) is 0 Å². The van der Waals surface area contributed by atoms with Crippen molar-refractivity contribution in [3.63, 3.8) is 0 Å². The second kappa shape index (κ2) is 7.10. The van der Waals surface area contributed by atoms with Gasteiger partial charge in [-0.3, -0.25) is 4.90 Å². The molecule has 0 aliphatic heterocycles. The van der Waals surface area contributed by atoms with Crippen molar-refractivity contribution in [2.75, 3.05) is 18.4 Å². The van der Waals surface area contributed by atoms with E-state index < -0.39 is 0 Å². The van der Waals surface area contributed by atoms with Gasteiger partial charge in [0.25, 0.3) is 0 Å². The minimum atomic E-state index is 0.774. The first-order valence-corrected chi connectivity index (χ1v) is 7.27. The van der Waals surface area contributed by atoms with Gasteiger partial charge in [-0.25, -0.2) is 4.98 Å². The number of nitrogens with one attached hydrogen (secondary N) is 2. The fraction of sp³-hybridized carbons (Fsp3) is 0.438. The SMILES string of the molecule is CCN(CC)Cc1ccccc1NCc1cnc(C)[nH]1. The predicted molar refractivity (Wildman–Crippen MR) is 83.7 cm³/mol. The standard InChI is InChI=1S/C16H24N4/c1-4-20(5-2)12-14-8-6-7-9-16(14)18-11-15-10-17-13(3)19-15/h6-10,18H,4-5,11-12H2,1-3H3,(H,17,19). The van der Waals surface area contributed by atoms with E-state index in [1.807, 2.05) is 13.1 Å². The summed E-state index contributed by atoms with van der Waals surface area (Å²) in [5.41, 5.74) is 3.65. The molecule has 0 bridgehead atoms. The molecule has 1 heterocycles. The zero-order chi connectivity index (χ0) is 14.4. The smallest absolute Gasteiger partial charge is 0.103 e. The molecule has 4 nitrogen and oxygen atoms in total. The van der Waals surface area contributed by atoms with E-state index in [0.29, 0.717) is 0 Å². The summed E-state index contributed by atoms with van der Waals surface area (Å²) in [5.74, 6) is 0.957. The number of imidazole rings is 1. The summed E-state index contributed by atoms with van der Waals surface area (Å²) in [7, 11) is 0. The van der Waals surface area contributed by atoms with Gasteiger partial charge in [-0.05, 0) is 31.6 Å². The Morgan fingerprint density at radius 2 is 1.95 bits per heavy atom. The minimum absolute atomic E-state index is 0.774. The molecule has 108 valence electrons. The van der Waals surface area contributed by atoms with Crippen LogP contribution in [-0.2, 0) is 13.1 Å². The van der Waals surface area contributed by atoms with Crippen LogP contribution in [0, 0.1) is 6.92 Å². The number of aryl methyl sites for hydroxylation is 1. The van der Waals surface area contributed by atoms with Gasteiger partial charge in [0, 0.05) is 12.2 Å². The van der Waals surface area contributed by atoms with Gasteiger partial charge in [-0.2, -0.15) is 0 Å². The Morgan fingerprint density at radius 1 is 1.20 bits per heavy atom. The Kier molecular flexibility index (Phi) is 5.18. The Hall–Kier alpha value is -1.81. The fourth-order valence-corrected chi connectivity index (χ4v) is 2.27. The highest BCUT2D eigenvalue weighted by Gasteiger charge is 2.06. The lowest BCUT2D eigenvalue weighted by Crippen LogP contribution is -2.22. The molecule has 0 amide bonds. The lowest BCUT2D eigenvalue weighted by molar-refractivity contribution is 0.296. The molecular weight excluding hydrogens is 248 g/mol. The highest BCUT2D eigenvalue weighted by molar-refractivity contribution is 5.51. The van der Waals surface area contributed by atoms with Crippen molar-refractivity contribution < 1.29 is 0 Å². The highest BCUT2D eigenvalue weighted by Crippen LogP contribution is 2.18. The first-order valence-electron chi connectivity index (χ1n) is 7.27. The van der Waals surface area contributed by atoms with Crippen molar-refractivity contribution in [2.45, 2.75) is 33.9 Å². The molecule has 20 heavy (non-hydrogen) atoms. The average Bonchev–Trinajstić information content (AvgIpc) is 2.89. The topological polar surface area (TPSA) is 44.0 Å². The normalized spacial score (nSPS) is 11.0. The van der Waals surface area contributed by atoms with Crippen molar-refractivity contribution in [1.29, 1.82) is 0 Å². The molecule has 2 aromatic rings. The number of aromatic nitrogens is 2. The maximum absolute atomic E-state index is 4.22. The molecule has 0 aliphatic carbocycles. The zero-order valence-electron chi connectivity index (χ0n) is 12.6. The van der Waals surface area contributed by atoms with Gasteiger partial charge in [0.2, 0.25) is 0 Å². The molecule has 1 aromatic heterocycles. The van der Waals surface area contributed by atoms with E-state index >= 15 is 0 Å². The zero-order valence-corrected chi connectivity index (χ0v) is 12.6. The third-order valence-corrected chi connectivity index (χ3v) is 3.53. The van der Waals surface area contributed by atoms with Gasteiger partial charge in [-0.1, -0.05) is 32.0 Å². The number of hydrogen-bond donors (Lipinski definition) is 2. The maximum atomic E-state index is 4.22.